The van der Waals surface area contributed by atoms with E-state index in [1.165, 1.54) is 5.56 Å². The van der Waals surface area contributed by atoms with Crippen molar-refractivity contribution in [1.82, 2.24) is 5.32 Å². The lowest BCUT2D eigenvalue weighted by Gasteiger charge is -2.30. The van der Waals surface area contributed by atoms with Crippen LogP contribution in [0, 0.1) is 0 Å². The second-order valence-corrected chi connectivity index (χ2v) is 6.64. The molecule has 3 N–H and O–H groups in total. The number of carbonyl (C=O) groups is 1. The van der Waals surface area contributed by atoms with Gasteiger partial charge in [-0.15, -0.1) is 0 Å². The number of hydrogen-bond acceptors (Lipinski definition) is 6. The number of fused-ring (bicyclic) bond motifs is 3. The second kappa shape index (κ2) is 5.08. The molecule has 0 radical (unpaired) electrons. The van der Waals surface area contributed by atoms with Crippen molar-refractivity contribution < 1.29 is 4.79 Å². The molecule has 3 aliphatic rings. The Bertz CT molecular complexity index is 997. The van der Waals surface area contributed by atoms with Crippen molar-refractivity contribution in [2.75, 3.05) is 23.4 Å². The SMILES string of the molecule is CN1C(=O)C2(N=C(N)NC(N3CCc4ccccc43)=N2)c2ccccc21. The van der Waals surface area contributed by atoms with E-state index < -0.39 is 5.66 Å². The summed E-state index contributed by atoms with van der Waals surface area (Å²) in [5.74, 6) is 0.548. The van der Waals surface area contributed by atoms with E-state index in [1.807, 2.05) is 36.4 Å². The summed E-state index contributed by atoms with van der Waals surface area (Å²) in [7, 11) is 1.74. The Morgan fingerprint density at radius 2 is 1.81 bits per heavy atom. The molecule has 0 bridgehead atoms. The average Bonchev–Trinajstić information content (AvgIpc) is 3.17. The van der Waals surface area contributed by atoms with Crippen LogP contribution in [0.15, 0.2) is 58.5 Å². The maximum Gasteiger partial charge on any atom is 0.282 e. The Balaban J connectivity index is 1.67. The summed E-state index contributed by atoms with van der Waals surface area (Å²) >= 11 is 0. The third kappa shape index (κ3) is 1.85. The number of aliphatic imine (C=N–C) groups is 2. The first-order valence-electron chi connectivity index (χ1n) is 8.55. The minimum absolute atomic E-state index is 0.192. The number of hydrogen-bond donors (Lipinski definition) is 2. The lowest BCUT2D eigenvalue weighted by molar-refractivity contribution is -0.122. The molecule has 7 nitrogen and oxygen atoms in total. The number of rotatable bonds is 0. The van der Waals surface area contributed by atoms with Crippen LogP contribution < -0.4 is 20.9 Å². The lowest BCUT2D eigenvalue weighted by Crippen LogP contribution is -2.54. The van der Waals surface area contributed by atoms with Crippen LogP contribution in [0.2, 0.25) is 0 Å². The minimum atomic E-state index is -1.35. The second-order valence-electron chi connectivity index (χ2n) is 6.64. The van der Waals surface area contributed by atoms with Gasteiger partial charge in [0, 0.05) is 24.8 Å². The molecule has 1 spiro atoms. The normalized spacial score (nSPS) is 23.5. The topological polar surface area (TPSA) is 86.3 Å². The highest BCUT2D eigenvalue weighted by Gasteiger charge is 2.52. The Morgan fingerprint density at radius 1 is 1.08 bits per heavy atom. The Kier molecular flexibility index (Phi) is 2.92. The van der Waals surface area contributed by atoms with Gasteiger partial charge in [-0.3, -0.25) is 10.1 Å². The highest BCUT2D eigenvalue weighted by atomic mass is 16.2. The van der Waals surface area contributed by atoms with Crippen molar-refractivity contribution in [2.24, 2.45) is 15.7 Å². The number of benzene rings is 2. The van der Waals surface area contributed by atoms with Crippen molar-refractivity contribution in [3.8, 4) is 0 Å². The Labute approximate surface area is 150 Å². The predicted molar refractivity (Wildman–Crippen MR) is 101 cm³/mol. The number of nitrogens with zero attached hydrogens (tertiary/aromatic N) is 4. The molecule has 3 heterocycles. The quantitative estimate of drug-likeness (QED) is 0.749. The molecular formula is C19H18N6O. The van der Waals surface area contributed by atoms with Crippen LogP contribution in [0.5, 0.6) is 0 Å². The van der Waals surface area contributed by atoms with Gasteiger partial charge in [0.25, 0.3) is 11.6 Å². The molecule has 5 rings (SSSR count). The standard InChI is InChI=1S/C19H18N6O/c1-24-15-9-5-3-7-13(15)19(16(24)26)22-17(20)21-18(23-19)25-11-10-12-6-2-4-8-14(12)25/h2-9H,10-11H2,1H3,(H3,20,21,22,23). The number of para-hydroxylation sites is 2. The summed E-state index contributed by atoms with van der Waals surface area (Å²) < 4.78 is 0. The molecule has 7 heteroatoms. The van der Waals surface area contributed by atoms with Gasteiger partial charge in [-0.05, 0) is 24.1 Å². The maximum atomic E-state index is 13.1. The maximum absolute atomic E-state index is 13.1. The lowest BCUT2D eigenvalue weighted by atomic mass is 10.0. The largest absolute Gasteiger partial charge is 0.370 e. The van der Waals surface area contributed by atoms with Crippen LogP contribution >= 0.6 is 0 Å². The average molecular weight is 346 g/mol. The number of likely N-dealkylation sites (N-methyl/N-ethyl adjacent to an activating group) is 1. The molecule has 1 amide bonds. The molecule has 26 heavy (non-hydrogen) atoms. The first kappa shape index (κ1) is 14.9. The summed E-state index contributed by atoms with van der Waals surface area (Å²) in [5, 5.41) is 3.05. The van der Waals surface area contributed by atoms with Gasteiger partial charge in [0.2, 0.25) is 5.96 Å². The molecule has 1 unspecified atom stereocenters. The first-order valence-corrected chi connectivity index (χ1v) is 8.55. The fourth-order valence-electron chi connectivity index (χ4n) is 3.94. The summed E-state index contributed by atoms with van der Waals surface area (Å²) in [4.78, 5) is 26.0. The van der Waals surface area contributed by atoms with Crippen LogP contribution in [-0.4, -0.2) is 31.4 Å². The van der Waals surface area contributed by atoms with Crippen molar-refractivity contribution in [3.05, 3.63) is 59.7 Å². The van der Waals surface area contributed by atoms with Crippen LogP contribution in [0.25, 0.3) is 0 Å². The highest BCUT2D eigenvalue weighted by molar-refractivity contribution is 6.15. The van der Waals surface area contributed by atoms with Crippen molar-refractivity contribution in [3.63, 3.8) is 0 Å². The van der Waals surface area contributed by atoms with Crippen molar-refractivity contribution in [2.45, 2.75) is 12.1 Å². The van der Waals surface area contributed by atoms with E-state index in [2.05, 4.69) is 27.3 Å². The fraction of sp³-hybridized carbons (Fsp3) is 0.211. The zero-order valence-electron chi connectivity index (χ0n) is 14.3. The molecule has 3 aliphatic heterocycles. The molecule has 0 aliphatic carbocycles. The van der Waals surface area contributed by atoms with Crippen LogP contribution in [0.3, 0.4) is 0 Å². The molecule has 2 aromatic rings. The van der Waals surface area contributed by atoms with Gasteiger partial charge >= 0.3 is 0 Å². The van der Waals surface area contributed by atoms with E-state index in [9.17, 15) is 4.79 Å². The molecule has 130 valence electrons. The van der Waals surface area contributed by atoms with Gasteiger partial charge in [0.15, 0.2) is 5.96 Å². The van der Waals surface area contributed by atoms with E-state index in [-0.39, 0.29) is 11.9 Å². The molecule has 1 atom stereocenters. The van der Waals surface area contributed by atoms with Gasteiger partial charge < -0.3 is 15.5 Å². The van der Waals surface area contributed by atoms with Gasteiger partial charge in [0.05, 0.1) is 5.69 Å². The summed E-state index contributed by atoms with van der Waals surface area (Å²) in [5.41, 5.74) is 8.63. The third-order valence-electron chi connectivity index (χ3n) is 5.18. The zero-order chi connectivity index (χ0) is 17.9. The van der Waals surface area contributed by atoms with Gasteiger partial charge in [-0.1, -0.05) is 36.4 Å². The summed E-state index contributed by atoms with van der Waals surface area (Å²) in [6, 6.07) is 15.8. The van der Waals surface area contributed by atoms with E-state index in [1.54, 1.807) is 11.9 Å². The molecule has 0 saturated heterocycles. The summed E-state index contributed by atoms with van der Waals surface area (Å²) in [6.07, 6.45) is 0.922. The van der Waals surface area contributed by atoms with Crippen molar-refractivity contribution >= 4 is 29.2 Å². The number of anilines is 2. The monoisotopic (exact) mass is 346 g/mol. The predicted octanol–water partition coefficient (Wildman–Crippen LogP) is 1.15. The van der Waals surface area contributed by atoms with Crippen LogP contribution in [0.4, 0.5) is 11.4 Å². The highest BCUT2D eigenvalue weighted by Crippen LogP contribution is 2.44. The number of carbonyl (C=O) groups excluding carboxylic acids is 1. The van der Waals surface area contributed by atoms with E-state index in [0.717, 1.165) is 29.9 Å². The van der Waals surface area contributed by atoms with E-state index in [4.69, 9.17) is 10.7 Å². The molecule has 0 aromatic heterocycles. The van der Waals surface area contributed by atoms with Crippen LogP contribution in [0.1, 0.15) is 11.1 Å². The Morgan fingerprint density at radius 3 is 2.65 bits per heavy atom. The zero-order valence-corrected chi connectivity index (χ0v) is 14.3. The van der Waals surface area contributed by atoms with Crippen molar-refractivity contribution in [1.29, 1.82) is 0 Å². The molecule has 0 saturated carbocycles. The number of amides is 1. The van der Waals surface area contributed by atoms with Crippen LogP contribution in [-0.2, 0) is 16.9 Å². The van der Waals surface area contributed by atoms with Gasteiger partial charge in [0.1, 0.15) is 0 Å². The fourth-order valence-corrected chi connectivity index (χ4v) is 3.94. The first-order chi connectivity index (χ1) is 12.6. The Hall–Kier alpha value is -3.35. The molecule has 0 fully saturated rings. The molecule has 2 aromatic carbocycles. The minimum Gasteiger partial charge on any atom is -0.370 e. The molecular weight excluding hydrogens is 328 g/mol. The number of nitrogens with one attached hydrogen (secondary N) is 1. The van der Waals surface area contributed by atoms with Gasteiger partial charge in [-0.25, -0.2) is 9.98 Å². The van der Waals surface area contributed by atoms with E-state index >= 15 is 0 Å². The summed E-state index contributed by atoms with van der Waals surface area (Å²) in [6.45, 7) is 0.778. The third-order valence-corrected chi connectivity index (χ3v) is 5.18. The van der Waals surface area contributed by atoms with Gasteiger partial charge in [-0.2, -0.15) is 0 Å². The smallest absolute Gasteiger partial charge is 0.282 e. The van der Waals surface area contributed by atoms with E-state index in [0.29, 0.717) is 5.96 Å². The number of nitrogens with two attached hydrogens (primary N) is 1. The number of guanidine groups is 2.